The number of aliphatic carboxylic acids is 2. The van der Waals surface area contributed by atoms with Crippen LogP contribution in [0.15, 0.2) is 36.5 Å². The Balaban J connectivity index is 0.000000238. The first-order chi connectivity index (χ1) is 10.6. The van der Waals surface area contributed by atoms with Crippen LogP contribution in [0.5, 0.6) is 0 Å². The Labute approximate surface area is 137 Å². The van der Waals surface area contributed by atoms with E-state index in [4.69, 9.17) is 10.2 Å². The fourth-order valence-electron chi connectivity index (χ4n) is 2.68. The van der Waals surface area contributed by atoms with E-state index in [0.29, 0.717) is 5.92 Å². The highest BCUT2D eigenvalue weighted by Crippen LogP contribution is 2.32. The summed E-state index contributed by atoms with van der Waals surface area (Å²) in [4.78, 5) is 21.3. The SMILES string of the molecule is C=CC1CCC(C)(O)CC1.CC1(C(=O)O)C=CC=C(C(=O)O)C1. The molecule has 0 aromatic carbocycles. The summed E-state index contributed by atoms with van der Waals surface area (Å²) in [6, 6.07) is 0. The number of hydrogen-bond donors (Lipinski definition) is 3. The maximum Gasteiger partial charge on any atom is 0.331 e. The molecule has 5 heteroatoms. The first-order valence-electron chi connectivity index (χ1n) is 7.80. The van der Waals surface area contributed by atoms with Gasteiger partial charge in [0.1, 0.15) is 0 Å². The zero-order chi connectivity index (χ0) is 17.7. The van der Waals surface area contributed by atoms with Gasteiger partial charge in [0.25, 0.3) is 0 Å². The van der Waals surface area contributed by atoms with Crippen molar-refractivity contribution >= 4 is 11.9 Å². The van der Waals surface area contributed by atoms with E-state index in [9.17, 15) is 14.7 Å². The molecule has 2 aliphatic carbocycles. The van der Waals surface area contributed by atoms with Crippen molar-refractivity contribution in [2.75, 3.05) is 0 Å². The molecule has 2 aliphatic rings. The van der Waals surface area contributed by atoms with Crippen LogP contribution in [0.25, 0.3) is 0 Å². The molecular formula is C18H26O5. The third-order valence-electron chi connectivity index (χ3n) is 4.52. The van der Waals surface area contributed by atoms with E-state index in [0.717, 1.165) is 25.7 Å². The van der Waals surface area contributed by atoms with Crippen molar-refractivity contribution in [1.29, 1.82) is 0 Å². The van der Waals surface area contributed by atoms with E-state index in [1.54, 1.807) is 0 Å². The van der Waals surface area contributed by atoms with E-state index in [1.165, 1.54) is 25.2 Å². The molecule has 0 aromatic rings. The Morgan fingerprint density at radius 1 is 1.26 bits per heavy atom. The molecule has 0 aromatic heterocycles. The molecule has 23 heavy (non-hydrogen) atoms. The van der Waals surface area contributed by atoms with E-state index in [-0.39, 0.29) is 17.6 Å². The summed E-state index contributed by atoms with van der Waals surface area (Å²) >= 11 is 0. The quantitative estimate of drug-likeness (QED) is 0.694. The predicted octanol–water partition coefficient (Wildman–Crippen LogP) is 3.16. The van der Waals surface area contributed by atoms with Crippen LogP contribution in [0.4, 0.5) is 0 Å². The Morgan fingerprint density at radius 2 is 1.83 bits per heavy atom. The lowest BCUT2D eigenvalue weighted by molar-refractivity contribution is -0.145. The molecule has 0 bridgehead atoms. The summed E-state index contributed by atoms with van der Waals surface area (Å²) in [6.07, 6.45) is 10.5. The standard InChI is InChI=1S/C9H10O4.C9H16O/c1-9(8(12)13)4-2-3-6(5-9)7(10)11;1-3-8-4-6-9(2,10)7-5-8/h2-4H,5H2,1H3,(H,10,11)(H,12,13);3,8,10H,1,4-7H2,2H3. The van der Waals surface area contributed by atoms with Crippen molar-refractivity contribution in [3.05, 3.63) is 36.5 Å². The summed E-state index contributed by atoms with van der Waals surface area (Å²) in [5.74, 6) is -1.41. The molecule has 1 unspecified atom stereocenters. The van der Waals surface area contributed by atoms with Crippen molar-refractivity contribution in [2.45, 2.75) is 51.6 Å². The van der Waals surface area contributed by atoms with Gasteiger partial charge in [-0.25, -0.2) is 4.79 Å². The van der Waals surface area contributed by atoms with Crippen LogP contribution < -0.4 is 0 Å². The lowest BCUT2D eigenvalue weighted by Crippen LogP contribution is -2.29. The van der Waals surface area contributed by atoms with Gasteiger partial charge in [-0.2, -0.15) is 0 Å². The molecule has 0 radical (unpaired) electrons. The number of rotatable bonds is 3. The van der Waals surface area contributed by atoms with Gasteiger partial charge in [-0.1, -0.05) is 24.3 Å². The smallest absolute Gasteiger partial charge is 0.331 e. The minimum Gasteiger partial charge on any atom is -0.481 e. The summed E-state index contributed by atoms with van der Waals surface area (Å²) in [5.41, 5.74) is -1.34. The van der Waals surface area contributed by atoms with E-state index in [2.05, 4.69) is 6.58 Å². The van der Waals surface area contributed by atoms with E-state index >= 15 is 0 Å². The van der Waals surface area contributed by atoms with Gasteiger partial charge < -0.3 is 15.3 Å². The molecule has 1 fully saturated rings. The minimum absolute atomic E-state index is 0.0359. The van der Waals surface area contributed by atoms with Crippen molar-refractivity contribution in [3.63, 3.8) is 0 Å². The van der Waals surface area contributed by atoms with Gasteiger partial charge in [0, 0.05) is 5.57 Å². The number of carboxylic acids is 2. The van der Waals surface area contributed by atoms with Crippen molar-refractivity contribution < 1.29 is 24.9 Å². The maximum atomic E-state index is 10.8. The van der Waals surface area contributed by atoms with Crippen LogP contribution in [0, 0.1) is 11.3 Å². The summed E-state index contributed by atoms with van der Waals surface area (Å²) in [6.45, 7) is 7.18. The number of allylic oxidation sites excluding steroid dienone is 3. The Bertz CT molecular complexity index is 520. The molecular weight excluding hydrogens is 296 g/mol. The van der Waals surface area contributed by atoms with Gasteiger partial charge >= 0.3 is 11.9 Å². The molecule has 0 heterocycles. The molecule has 0 amide bonds. The Hall–Kier alpha value is -1.88. The van der Waals surface area contributed by atoms with Gasteiger partial charge in [-0.3, -0.25) is 4.79 Å². The summed E-state index contributed by atoms with van der Waals surface area (Å²) in [7, 11) is 0. The molecule has 0 spiro atoms. The number of hydrogen-bond acceptors (Lipinski definition) is 3. The van der Waals surface area contributed by atoms with Crippen LogP contribution in [0.1, 0.15) is 46.0 Å². The molecule has 0 aliphatic heterocycles. The van der Waals surface area contributed by atoms with Crippen LogP contribution in [-0.4, -0.2) is 32.9 Å². The molecule has 1 saturated carbocycles. The topological polar surface area (TPSA) is 94.8 Å². The van der Waals surface area contributed by atoms with Crippen molar-refractivity contribution in [1.82, 2.24) is 0 Å². The Morgan fingerprint density at radius 3 is 2.26 bits per heavy atom. The number of carbonyl (C=O) groups is 2. The molecule has 128 valence electrons. The predicted molar refractivity (Wildman–Crippen MR) is 88.0 cm³/mol. The highest BCUT2D eigenvalue weighted by Gasteiger charge is 2.34. The highest BCUT2D eigenvalue weighted by atomic mass is 16.4. The fourth-order valence-corrected chi connectivity index (χ4v) is 2.68. The minimum atomic E-state index is -1.08. The lowest BCUT2D eigenvalue weighted by Gasteiger charge is -2.31. The van der Waals surface area contributed by atoms with Crippen LogP contribution in [0.2, 0.25) is 0 Å². The van der Waals surface area contributed by atoms with Gasteiger partial charge in [0.15, 0.2) is 0 Å². The third-order valence-corrected chi connectivity index (χ3v) is 4.52. The second-order valence-corrected chi connectivity index (χ2v) is 6.83. The number of aliphatic hydroxyl groups is 1. The van der Waals surface area contributed by atoms with E-state index in [1.807, 2.05) is 13.0 Å². The van der Waals surface area contributed by atoms with Gasteiger partial charge in [0.2, 0.25) is 0 Å². The normalized spacial score (nSPS) is 33.0. The van der Waals surface area contributed by atoms with Crippen LogP contribution in [-0.2, 0) is 9.59 Å². The maximum absolute atomic E-state index is 10.8. The third kappa shape index (κ3) is 5.67. The summed E-state index contributed by atoms with van der Waals surface area (Å²) in [5, 5.41) is 27.0. The van der Waals surface area contributed by atoms with Crippen LogP contribution >= 0.6 is 0 Å². The second-order valence-electron chi connectivity index (χ2n) is 6.83. The molecule has 0 saturated heterocycles. The second kappa shape index (κ2) is 7.59. The average Bonchev–Trinajstić information content (AvgIpc) is 2.48. The zero-order valence-electron chi connectivity index (χ0n) is 13.8. The Kier molecular flexibility index (Phi) is 6.33. The first-order valence-corrected chi connectivity index (χ1v) is 7.80. The molecule has 3 N–H and O–H groups in total. The fraction of sp³-hybridized carbons (Fsp3) is 0.556. The van der Waals surface area contributed by atoms with Gasteiger partial charge in [-0.15, -0.1) is 6.58 Å². The van der Waals surface area contributed by atoms with Crippen LogP contribution in [0.3, 0.4) is 0 Å². The highest BCUT2D eigenvalue weighted by molar-refractivity contribution is 5.90. The van der Waals surface area contributed by atoms with Gasteiger partial charge in [-0.05, 0) is 51.9 Å². The monoisotopic (exact) mass is 322 g/mol. The van der Waals surface area contributed by atoms with Crippen molar-refractivity contribution in [2.24, 2.45) is 11.3 Å². The molecule has 2 rings (SSSR count). The average molecular weight is 322 g/mol. The number of carboxylic acid groups (broad SMARTS) is 2. The molecule has 5 nitrogen and oxygen atoms in total. The summed E-state index contributed by atoms with van der Waals surface area (Å²) < 4.78 is 0. The van der Waals surface area contributed by atoms with E-state index < -0.39 is 17.4 Å². The largest absolute Gasteiger partial charge is 0.481 e. The van der Waals surface area contributed by atoms with Gasteiger partial charge in [0.05, 0.1) is 11.0 Å². The molecule has 1 atom stereocenters. The van der Waals surface area contributed by atoms with Crippen molar-refractivity contribution in [3.8, 4) is 0 Å². The lowest BCUT2D eigenvalue weighted by atomic mass is 9.80. The first kappa shape index (κ1) is 19.2. The zero-order valence-corrected chi connectivity index (χ0v) is 13.8.